The number of hydrogen-bond acceptors (Lipinski definition) is 8. The highest BCUT2D eigenvalue weighted by atomic mass is 32.2. The number of aromatic nitrogens is 4. The van der Waals surface area contributed by atoms with Crippen LogP contribution in [0, 0.1) is 0 Å². The molecule has 7 nitrogen and oxygen atoms in total. The van der Waals surface area contributed by atoms with Crippen molar-refractivity contribution in [3.63, 3.8) is 0 Å². The number of nitrogens with zero attached hydrogens (tertiary/aromatic N) is 5. The highest BCUT2D eigenvalue weighted by Gasteiger charge is 2.15. The zero-order chi connectivity index (χ0) is 18.5. The molecular formula is C19H23N5O2S. The van der Waals surface area contributed by atoms with Crippen molar-refractivity contribution in [3.05, 3.63) is 41.8 Å². The van der Waals surface area contributed by atoms with Gasteiger partial charge in [-0.25, -0.2) is 9.97 Å². The molecule has 0 saturated carbocycles. The Morgan fingerprint density at radius 1 is 1.07 bits per heavy atom. The summed E-state index contributed by atoms with van der Waals surface area (Å²) in [4.78, 5) is 16.4. The molecule has 4 rings (SSSR count). The molecule has 0 spiro atoms. The molecule has 0 N–H and O–H groups in total. The van der Waals surface area contributed by atoms with Gasteiger partial charge in [0, 0.05) is 24.9 Å². The molecule has 8 heteroatoms. The summed E-state index contributed by atoms with van der Waals surface area (Å²) in [5.41, 5.74) is 0.968. The predicted octanol–water partition coefficient (Wildman–Crippen LogP) is 3.09. The van der Waals surface area contributed by atoms with Gasteiger partial charge in [-0.2, -0.15) is 4.98 Å². The van der Waals surface area contributed by atoms with Crippen LogP contribution in [0.25, 0.3) is 10.9 Å². The lowest BCUT2D eigenvalue weighted by Crippen LogP contribution is -2.36. The summed E-state index contributed by atoms with van der Waals surface area (Å²) in [7, 11) is 0. The van der Waals surface area contributed by atoms with Crippen LogP contribution in [0.1, 0.15) is 30.9 Å². The summed E-state index contributed by atoms with van der Waals surface area (Å²) in [6.45, 7) is 6.22. The molecule has 142 valence electrons. The summed E-state index contributed by atoms with van der Waals surface area (Å²) < 4.78 is 10.8. The third kappa shape index (κ3) is 4.63. The minimum atomic E-state index is 0.606. The standard InChI is InChI=1S/C19H23N5O2S/c1-2-5-16-21-18(26-23-16)13-27-19-14-6-3-4-7-15(14)20-17(22-19)12-24-8-10-25-11-9-24/h3-4,6-7H,2,5,8-13H2,1H3. The first kappa shape index (κ1) is 18.3. The first-order valence-corrected chi connectivity index (χ1v) is 10.3. The number of morpholine rings is 1. The van der Waals surface area contributed by atoms with Gasteiger partial charge in [-0.3, -0.25) is 4.90 Å². The maximum atomic E-state index is 5.43. The van der Waals surface area contributed by atoms with Gasteiger partial charge in [-0.05, 0) is 12.5 Å². The summed E-state index contributed by atoms with van der Waals surface area (Å²) >= 11 is 1.62. The maximum Gasteiger partial charge on any atom is 0.237 e. The Morgan fingerprint density at radius 2 is 1.93 bits per heavy atom. The Labute approximate surface area is 162 Å². The van der Waals surface area contributed by atoms with Gasteiger partial charge in [-0.15, -0.1) is 0 Å². The predicted molar refractivity (Wildman–Crippen MR) is 103 cm³/mol. The minimum Gasteiger partial charge on any atom is -0.379 e. The molecule has 1 aliphatic heterocycles. The van der Waals surface area contributed by atoms with Crippen LogP contribution in [0.2, 0.25) is 0 Å². The highest BCUT2D eigenvalue weighted by molar-refractivity contribution is 7.98. The molecule has 1 aromatic carbocycles. The topological polar surface area (TPSA) is 77.2 Å². The lowest BCUT2D eigenvalue weighted by atomic mass is 10.2. The van der Waals surface area contributed by atoms with Crippen molar-refractivity contribution in [2.75, 3.05) is 26.3 Å². The molecule has 27 heavy (non-hydrogen) atoms. The van der Waals surface area contributed by atoms with Crippen molar-refractivity contribution < 1.29 is 9.26 Å². The van der Waals surface area contributed by atoms with Crippen LogP contribution < -0.4 is 0 Å². The lowest BCUT2D eigenvalue weighted by molar-refractivity contribution is 0.0330. The monoisotopic (exact) mass is 385 g/mol. The van der Waals surface area contributed by atoms with Crippen LogP contribution in [-0.2, 0) is 23.5 Å². The molecule has 1 aliphatic rings. The van der Waals surface area contributed by atoms with Crippen LogP contribution in [0.5, 0.6) is 0 Å². The Balaban J connectivity index is 1.53. The second kappa shape index (κ2) is 8.77. The molecule has 0 atom stereocenters. The lowest BCUT2D eigenvalue weighted by Gasteiger charge is -2.25. The fourth-order valence-corrected chi connectivity index (χ4v) is 3.91. The van der Waals surface area contributed by atoms with E-state index in [2.05, 4.69) is 28.0 Å². The third-order valence-corrected chi connectivity index (χ3v) is 5.38. The number of thioether (sulfide) groups is 1. The average molecular weight is 385 g/mol. The molecular weight excluding hydrogens is 362 g/mol. The van der Waals surface area contributed by atoms with E-state index in [1.165, 1.54) is 0 Å². The number of fused-ring (bicyclic) bond motifs is 1. The van der Waals surface area contributed by atoms with Gasteiger partial charge in [0.05, 0.1) is 31.0 Å². The van der Waals surface area contributed by atoms with Gasteiger partial charge < -0.3 is 9.26 Å². The van der Waals surface area contributed by atoms with E-state index < -0.39 is 0 Å². The van der Waals surface area contributed by atoms with Gasteiger partial charge in [0.1, 0.15) is 10.9 Å². The fourth-order valence-electron chi connectivity index (χ4n) is 3.04. The number of para-hydroxylation sites is 1. The largest absolute Gasteiger partial charge is 0.379 e. The molecule has 0 bridgehead atoms. The first-order valence-electron chi connectivity index (χ1n) is 9.32. The van der Waals surface area contributed by atoms with E-state index >= 15 is 0 Å². The SMILES string of the molecule is CCCc1noc(CSc2nc(CN3CCOCC3)nc3ccccc23)n1. The van der Waals surface area contributed by atoms with Crippen LogP contribution in [0.15, 0.2) is 33.8 Å². The van der Waals surface area contributed by atoms with E-state index in [1.54, 1.807) is 11.8 Å². The van der Waals surface area contributed by atoms with Crippen LogP contribution >= 0.6 is 11.8 Å². The van der Waals surface area contributed by atoms with Gasteiger partial charge >= 0.3 is 0 Å². The van der Waals surface area contributed by atoms with Gasteiger partial charge in [0.25, 0.3) is 0 Å². The minimum absolute atomic E-state index is 0.606. The molecule has 0 amide bonds. The summed E-state index contributed by atoms with van der Waals surface area (Å²) in [5, 5.41) is 6.04. The molecule has 1 saturated heterocycles. The number of rotatable bonds is 7. The van der Waals surface area contributed by atoms with E-state index in [-0.39, 0.29) is 0 Å². The number of aryl methyl sites for hydroxylation is 1. The maximum absolute atomic E-state index is 5.43. The molecule has 1 fully saturated rings. The van der Waals surface area contributed by atoms with Crippen LogP contribution in [-0.4, -0.2) is 51.3 Å². The zero-order valence-corrected chi connectivity index (χ0v) is 16.2. The second-order valence-corrected chi connectivity index (χ2v) is 7.46. The number of hydrogen-bond donors (Lipinski definition) is 0. The van der Waals surface area contributed by atoms with E-state index in [4.69, 9.17) is 19.2 Å². The van der Waals surface area contributed by atoms with Crippen molar-refractivity contribution in [1.29, 1.82) is 0 Å². The molecule has 3 aromatic rings. The van der Waals surface area contributed by atoms with Crippen molar-refractivity contribution >= 4 is 22.7 Å². The molecule has 3 heterocycles. The van der Waals surface area contributed by atoms with Crippen molar-refractivity contribution in [3.8, 4) is 0 Å². The second-order valence-electron chi connectivity index (χ2n) is 6.49. The van der Waals surface area contributed by atoms with Gasteiger partial charge in [-0.1, -0.05) is 42.0 Å². The van der Waals surface area contributed by atoms with Crippen molar-refractivity contribution in [2.24, 2.45) is 0 Å². The fraction of sp³-hybridized carbons (Fsp3) is 0.474. The van der Waals surface area contributed by atoms with Crippen LogP contribution in [0.4, 0.5) is 0 Å². The van der Waals surface area contributed by atoms with Gasteiger partial charge in [0.2, 0.25) is 5.89 Å². The highest BCUT2D eigenvalue weighted by Crippen LogP contribution is 2.28. The van der Waals surface area contributed by atoms with Crippen molar-refractivity contribution in [1.82, 2.24) is 25.0 Å². The molecule has 2 aromatic heterocycles. The Kier molecular flexibility index (Phi) is 5.96. The van der Waals surface area contributed by atoms with E-state index in [1.807, 2.05) is 18.2 Å². The summed E-state index contributed by atoms with van der Waals surface area (Å²) in [6.07, 6.45) is 1.85. The Hall–Kier alpha value is -2.03. The van der Waals surface area contributed by atoms with Gasteiger partial charge in [0.15, 0.2) is 5.82 Å². The molecule has 0 unspecified atom stereocenters. The third-order valence-electron chi connectivity index (χ3n) is 4.40. The smallest absolute Gasteiger partial charge is 0.237 e. The molecule has 0 radical (unpaired) electrons. The van der Waals surface area contributed by atoms with E-state index in [0.29, 0.717) is 11.6 Å². The summed E-state index contributed by atoms with van der Waals surface area (Å²) in [6, 6.07) is 8.13. The Morgan fingerprint density at radius 3 is 2.78 bits per heavy atom. The average Bonchev–Trinajstić information content (AvgIpc) is 3.15. The zero-order valence-electron chi connectivity index (χ0n) is 15.4. The van der Waals surface area contributed by atoms with E-state index in [0.717, 1.165) is 73.3 Å². The first-order chi connectivity index (χ1) is 13.3. The van der Waals surface area contributed by atoms with E-state index in [9.17, 15) is 0 Å². The van der Waals surface area contributed by atoms with Crippen molar-refractivity contribution in [2.45, 2.75) is 37.1 Å². The normalized spacial score (nSPS) is 15.4. The van der Waals surface area contributed by atoms with Crippen LogP contribution in [0.3, 0.4) is 0 Å². The molecule has 0 aliphatic carbocycles. The summed E-state index contributed by atoms with van der Waals surface area (Å²) in [5.74, 6) is 2.86. The number of ether oxygens (including phenoxy) is 1. The Bertz CT molecular complexity index is 895. The quantitative estimate of drug-likeness (QED) is 0.454. The number of benzene rings is 1.